The lowest BCUT2D eigenvalue weighted by molar-refractivity contribution is 0.475. The summed E-state index contributed by atoms with van der Waals surface area (Å²) in [6, 6.07) is 11.4. The van der Waals surface area contributed by atoms with E-state index in [-0.39, 0.29) is 10.8 Å². The van der Waals surface area contributed by atoms with E-state index in [4.69, 9.17) is 22.7 Å². The molecule has 0 aliphatic heterocycles. The second-order valence-electron chi connectivity index (χ2n) is 3.57. The minimum atomic E-state index is -0.382. The summed E-state index contributed by atoms with van der Waals surface area (Å²) in [5.41, 5.74) is 6.21. The van der Waals surface area contributed by atoms with Crippen LogP contribution in [0.3, 0.4) is 0 Å². The first-order valence-corrected chi connectivity index (χ1v) is 6.29. The third-order valence-corrected chi connectivity index (χ3v) is 2.89. The van der Waals surface area contributed by atoms with Crippen molar-refractivity contribution in [3.05, 3.63) is 58.3 Å². The topological polar surface area (TPSA) is 35.2 Å². The Morgan fingerprint density at radius 3 is 2.61 bits per heavy atom. The van der Waals surface area contributed by atoms with Crippen LogP contribution in [0.2, 0.25) is 0 Å². The number of rotatable bonds is 3. The predicted octanol–water partition coefficient (Wildman–Crippen LogP) is 4.01. The number of para-hydroxylation sites is 1. The van der Waals surface area contributed by atoms with E-state index in [0.717, 1.165) is 0 Å². The van der Waals surface area contributed by atoms with Gasteiger partial charge in [0.15, 0.2) is 0 Å². The standard InChI is InChI=1S/C13H9BrFNOS/c14-8-5-9(15)7-10(6-8)17-12-4-2-1-3-11(12)13(16)18/h1-7H,(H2,16,18). The van der Waals surface area contributed by atoms with Gasteiger partial charge >= 0.3 is 0 Å². The lowest BCUT2D eigenvalue weighted by atomic mass is 10.2. The molecule has 2 nitrogen and oxygen atoms in total. The van der Waals surface area contributed by atoms with Gasteiger partial charge in [0.2, 0.25) is 0 Å². The van der Waals surface area contributed by atoms with Gasteiger partial charge in [-0.05, 0) is 24.3 Å². The molecule has 18 heavy (non-hydrogen) atoms. The molecule has 2 aromatic rings. The molecule has 0 aromatic heterocycles. The van der Waals surface area contributed by atoms with Gasteiger partial charge in [-0.1, -0.05) is 40.3 Å². The molecule has 0 saturated heterocycles. The molecule has 2 aromatic carbocycles. The van der Waals surface area contributed by atoms with Crippen LogP contribution in [-0.2, 0) is 0 Å². The molecule has 5 heteroatoms. The highest BCUT2D eigenvalue weighted by molar-refractivity contribution is 9.10. The molecule has 0 amide bonds. The van der Waals surface area contributed by atoms with Crippen molar-refractivity contribution >= 4 is 33.1 Å². The Kier molecular flexibility index (Phi) is 3.93. The van der Waals surface area contributed by atoms with Gasteiger partial charge in [0.1, 0.15) is 22.3 Å². The Morgan fingerprint density at radius 1 is 1.22 bits per heavy atom. The van der Waals surface area contributed by atoms with Crippen LogP contribution < -0.4 is 10.5 Å². The molecule has 0 radical (unpaired) electrons. The third-order valence-electron chi connectivity index (χ3n) is 2.22. The predicted molar refractivity (Wildman–Crippen MR) is 76.5 cm³/mol. The largest absolute Gasteiger partial charge is 0.456 e. The van der Waals surface area contributed by atoms with Crippen molar-refractivity contribution < 1.29 is 9.13 Å². The second kappa shape index (κ2) is 5.46. The van der Waals surface area contributed by atoms with Crippen LogP contribution in [0.25, 0.3) is 0 Å². The monoisotopic (exact) mass is 325 g/mol. The minimum absolute atomic E-state index is 0.237. The van der Waals surface area contributed by atoms with Gasteiger partial charge in [0.25, 0.3) is 0 Å². The Balaban J connectivity index is 2.37. The minimum Gasteiger partial charge on any atom is -0.456 e. The number of ether oxygens (including phenoxy) is 1. The van der Waals surface area contributed by atoms with Gasteiger partial charge in [0.05, 0.1) is 5.56 Å². The summed E-state index contributed by atoms with van der Waals surface area (Å²) in [7, 11) is 0. The van der Waals surface area contributed by atoms with Gasteiger partial charge in [0, 0.05) is 10.5 Å². The summed E-state index contributed by atoms with van der Waals surface area (Å²) < 4.78 is 19.4. The molecule has 0 bridgehead atoms. The van der Waals surface area contributed by atoms with Crippen LogP contribution in [0.1, 0.15) is 5.56 Å². The van der Waals surface area contributed by atoms with Gasteiger partial charge in [-0.3, -0.25) is 0 Å². The van der Waals surface area contributed by atoms with Crippen LogP contribution in [0, 0.1) is 5.82 Å². The second-order valence-corrected chi connectivity index (χ2v) is 4.92. The molecule has 0 saturated carbocycles. The lowest BCUT2D eigenvalue weighted by Gasteiger charge is -2.10. The van der Waals surface area contributed by atoms with E-state index in [1.54, 1.807) is 24.3 Å². The highest BCUT2D eigenvalue weighted by atomic mass is 79.9. The summed E-state index contributed by atoms with van der Waals surface area (Å²) in [5.74, 6) is 0.500. The summed E-state index contributed by atoms with van der Waals surface area (Å²) in [5, 5.41) is 0. The Morgan fingerprint density at radius 2 is 1.94 bits per heavy atom. The van der Waals surface area contributed by atoms with E-state index < -0.39 is 0 Å². The normalized spacial score (nSPS) is 10.1. The Labute approximate surface area is 118 Å². The van der Waals surface area contributed by atoms with Crippen LogP contribution in [0.5, 0.6) is 11.5 Å². The van der Waals surface area contributed by atoms with E-state index in [2.05, 4.69) is 15.9 Å². The number of nitrogens with two attached hydrogens (primary N) is 1. The molecule has 2 N–H and O–H groups in total. The molecule has 0 unspecified atom stereocenters. The maximum atomic E-state index is 13.2. The van der Waals surface area contributed by atoms with E-state index in [9.17, 15) is 4.39 Å². The summed E-state index contributed by atoms with van der Waals surface area (Å²) >= 11 is 8.14. The van der Waals surface area contributed by atoms with Gasteiger partial charge < -0.3 is 10.5 Å². The van der Waals surface area contributed by atoms with Crippen molar-refractivity contribution in [3.63, 3.8) is 0 Å². The molecule has 92 valence electrons. The zero-order valence-electron chi connectivity index (χ0n) is 9.19. The highest BCUT2D eigenvalue weighted by Crippen LogP contribution is 2.28. The molecule has 0 aliphatic rings. The molecule has 2 rings (SSSR count). The molecule has 0 heterocycles. The fraction of sp³-hybridized carbons (Fsp3) is 0. The number of hydrogen-bond donors (Lipinski definition) is 1. The van der Waals surface area contributed by atoms with Crippen molar-refractivity contribution in [3.8, 4) is 11.5 Å². The Bertz CT molecular complexity index is 583. The van der Waals surface area contributed by atoms with E-state index >= 15 is 0 Å². The molecular weight excluding hydrogens is 317 g/mol. The van der Waals surface area contributed by atoms with Crippen LogP contribution in [-0.4, -0.2) is 4.99 Å². The molecular formula is C13H9BrFNOS. The molecule has 0 spiro atoms. The number of hydrogen-bond acceptors (Lipinski definition) is 2. The lowest BCUT2D eigenvalue weighted by Crippen LogP contribution is -2.10. The van der Waals surface area contributed by atoms with Crippen molar-refractivity contribution in [2.75, 3.05) is 0 Å². The molecule has 0 atom stereocenters. The fourth-order valence-electron chi connectivity index (χ4n) is 1.47. The van der Waals surface area contributed by atoms with Gasteiger partial charge in [-0.25, -0.2) is 4.39 Å². The summed E-state index contributed by atoms with van der Waals surface area (Å²) in [6.45, 7) is 0. The van der Waals surface area contributed by atoms with Crippen molar-refractivity contribution in [1.29, 1.82) is 0 Å². The van der Waals surface area contributed by atoms with Crippen LogP contribution >= 0.6 is 28.1 Å². The average Bonchev–Trinajstić information content (AvgIpc) is 2.27. The number of halogens is 2. The first kappa shape index (κ1) is 13.0. The van der Waals surface area contributed by atoms with Crippen molar-refractivity contribution in [2.45, 2.75) is 0 Å². The third kappa shape index (κ3) is 3.05. The zero-order chi connectivity index (χ0) is 13.1. The SMILES string of the molecule is NC(=S)c1ccccc1Oc1cc(F)cc(Br)c1. The molecule has 0 fully saturated rings. The van der Waals surface area contributed by atoms with Gasteiger partial charge in [-0.15, -0.1) is 0 Å². The number of benzene rings is 2. The first-order valence-electron chi connectivity index (χ1n) is 5.09. The summed E-state index contributed by atoms with van der Waals surface area (Å²) in [6.07, 6.45) is 0. The maximum Gasteiger partial charge on any atom is 0.137 e. The average molecular weight is 326 g/mol. The fourth-order valence-corrected chi connectivity index (χ4v) is 2.09. The quantitative estimate of drug-likeness (QED) is 0.866. The van der Waals surface area contributed by atoms with Gasteiger partial charge in [-0.2, -0.15) is 0 Å². The summed E-state index contributed by atoms with van der Waals surface area (Å²) in [4.78, 5) is 0.237. The smallest absolute Gasteiger partial charge is 0.137 e. The first-order chi connectivity index (χ1) is 8.56. The van der Waals surface area contributed by atoms with Crippen LogP contribution in [0.15, 0.2) is 46.9 Å². The Hall–Kier alpha value is -1.46. The van der Waals surface area contributed by atoms with Crippen molar-refractivity contribution in [2.24, 2.45) is 5.73 Å². The van der Waals surface area contributed by atoms with Crippen molar-refractivity contribution in [1.82, 2.24) is 0 Å². The maximum absolute atomic E-state index is 13.2. The highest BCUT2D eigenvalue weighted by Gasteiger charge is 2.07. The number of thiocarbonyl (C=S) groups is 1. The van der Waals surface area contributed by atoms with E-state index in [0.29, 0.717) is 21.5 Å². The van der Waals surface area contributed by atoms with E-state index in [1.165, 1.54) is 12.1 Å². The van der Waals surface area contributed by atoms with E-state index in [1.807, 2.05) is 6.07 Å². The van der Waals surface area contributed by atoms with Crippen LogP contribution in [0.4, 0.5) is 4.39 Å². The zero-order valence-corrected chi connectivity index (χ0v) is 11.6. The molecule has 0 aliphatic carbocycles.